The van der Waals surface area contributed by atoms with Crippen molar-refractivity contribution in [1.29, 1.82) is 0 Å². The first-order valence-electron chi connectivity index (χ1n) is 24.2. The smallest absolute Gasteiger partial charge is 0.268 e. The van der Waals surface area contributed by atoms with Crippen molar-refractivity contribution in [3.8, 4) is 0 Å². The Balaban J connectivity index is 4.38. The number of aliphatic hydroxyl groups excluding tert-OH is 1. The molecule has 0 aromatic carbocycles. The van der Waals surface area contributed by atoms with Crippen LogP contribution < -0.4 is 10.2 Å². The van der Waals surface area contributed by atoms with Gasteiger partial charge in [-0.3, -0.25) is 9.36 Å². The number of nitrogens with zero attached hydrogens (tertiary/aromatic N) is 1. The van der Waals surface area contributed by atoms with Gasteiger partial charge in [0.15, 0.2) is 0 Å². The van der Waals surface area contributed by atoms with Gasteiger partial charge in [0.05, 0.1) is 39.9 Å². The van der Waals surface area contributed by atoms with E-state index < -0.39 is 20.0 Å². The minimum atomic E-state index is -4.59. The minimum Gasteiger partial charge on any atom is -0.756 e. The normalized spacial score (nSPS) is 14.4. The zero-order valence-corrected chi connectivity index (χ0v) is 39.2. The average molecular weight is 827 g/mol. The molecule has 9 heteroatoms. The molecule has 0 rings (SSSR count). The van der Waals surface area contributed by atoms with E-state index >= 15 is 0 Å². The van der Waals surface area contributed by atoms with Gasteiger partial charge in [-0.2, -0.15) is 0 Å². The van der Waals surface area contributed by atoms with Crippen LogP contribution in [0, 0.1) is 0 Å². The molecule has 0 saturated carbocycles. The highest BCUT2D eigenvalue weighted by molar-refractivity contribution is 7.45. The van der Waals surface area contributed by atoms with E-state index in [2.05, 4.69) is 31.3 Å². The molecule has 0 aromatic rings. The van der Waals surface area contributed by atoms with Crippen molar-refractivity contribution < 1.29 is 32.9 Å². The first-order valence-corrected chi connectivity index (χ1v) is 25.7. The number of likely N-dealkylation sites (N-methyl/N-ethyl adjacent to an activating group) is 1. The maximum absolute atomic E-state index is 12.9. The number of aliphatic hydroxyl groups is 1. The van der Waals surface area contributed by atoms with Crippen molar-refractivity contribution in [2.45, 2.75) is 238 Å². The Labute approximate surface area is 354 Å². The van der Waals surface area contributed by atoms with E-state index in [0.717, 1.165) is 38.5 Å². The number of phosphoric acid groups is 1. The molecule has 0 saturated heterocycles. The maximum Gasteiger partial charge on any atom is 0.268 e. The van der Waals surface area contributed by atoms with Crippen molar-refractivity contribution >= 4 is 13.7 Å². The van der Waals surface area contributed by atoms with Gasteiger partial charge < -0.3 is 28.8 Å². The predicted molar refractivity (Wildman–Crippen MR) is 242 cm³/mol. The van der Waals surface area contributed by atoms with Crippen molar-refractivity contribution in [2.24, 2.45) is 0 Å². The lowest BCUT2D eigenvalue weighted by molar-refractivity contribution is -0.870. The first kappa shape index (κ1) is 56.0. The zero-order valence-electron chi connectivity index (χ0n) is 38.3. The van der Waals surface area contributed by atoms with Crippen LogP contribution in [0.3, 0.4) is 0 Å². The predicted octanol–water partition coefficient (Wildman–Crippen LogP) is 13.1. The molecule has 0 radical (unpaired) electrons. The maximum atomic E-state index is 12.9. The van der Waals surface area contributed by atoms with E-state index in [0.29, 0.717) is 17.4 Å². The van der Waals surface area contributed by atoms with Crippen LogP contribution in [-0.4, -0.2) is 68.5 Å². The third-order valence-corrected chi connectivity index (χ3v) is 11.9. The number of nitrogens with one attached hydrogen (secondary N) is 1. The van der Waals surface area contributed by atoms with Crippen LogP contribution in [0.1, 0.15) is 226 Å². The van der Waals surface area contributed by atoms with Gasteiger partial charge in [-0.15, -0.1) is 0 Å². The summed E-state index contributed by atoms with van der Waals surface area (Å²) in [7, 11) is 1.25. The molecular weight excluding hydrogens is 732 g/mol. The summed E-state index contributed by atoms with van der Waals surface area (Å²) in [5.74, 6) is -0.204. The lowest BCUT2D eigenvalue weighted by Crippen LogP contribution is -2.45. The molecule has 2 N–H and O–H groups in total. The summed E-state index contributed by atoms with van der Waals surface area (Å²) in [4.78, 5) is 25.3. The molecule has 0 spiro atoms. The summed E-state index contributed by atoms with van der Waals surface area (Å²) >= 11 is 0. The van der Waals surface area contributed by atoms with E-state index in [9.17, 15) is 19.4 Å². The quantitative estimate of drug-likeness (QED) is 0.0274. The molecule has 3 atom stereocenters. The first-order chi connectivity index (χ1) is 27.5. The minimum absolute atomic E-state index is 0.00408. The monoisotopic (exact) mass is 827 g/mol. The number of hydrogen-bond acceptors (Lipinski definition) is 6. The molecule has 338 valence electrons. The highest BCUT2D eigenvalue weighted by Gasteiger charge is 2.23. The van der Waals surface area contributed by atoms with Gasteiger partial charge in [0.1, 0.15) is 13.2 Å². The number of carbonyl (C=O) groups excluding carboxylic acids is 1. The molecule has 1 amide bonds. The van der Waals surface area contributed by atoms with Gasteiger partial charge in [0.2, 0.25) is 5.91 Å². The molecule has 3 unspecified atom stereocenters. The lowest BCUT2D eigenvalue weighted by atomic mass is 10.0. The van der Waals surface area contributed by atoms with Crippen LogP contribution in [0.2, 0.25) is 0 Å². The Morgan fingerprint density at radius 1 is 0.596 bits per heavy atom. The van der Waals surface area contributed by atoms with Crippen LogP contribution in [0.15, 0.2) is 24.3 Å². The Morgan fingerprint density at radius 3 is 1.42 bits per heavy atom. The average Bonchev–Trinajstić information content (AvgIpc) is 3.16. The summed E-state index contributed by atoms with van der Waals surface area (Å²) in [5.41, 5.74) is 0. The topological polar surface area (TPSA) is 108 Å². The van der Waals surface area contributed by atoms with Gasteiger partial charge in [-0.1, -0.05) is 212 Å². The number of allylic oxidation sites excluding steroid dienone is 3. The number of quaternary nitrogens is 1. The van der Waals surface area contributed by atoms with Crippen molar-refractivity contribution in [1.82, 2.24) is 5.32 Å². The second kappa shape index (κ2) is 40.4. The SMILES string of the molecule is CCCCCCCCCCCCC/C=C/CC/C=C/C(O)C(COP(=O)([O-])OCC[N+](C)(C)C)NC(=O)CCCCCCCCCCCCCCCCCCCC. The molecule has 0 aliphatic carbocycles. The molecule has 0 aromatic heterocycles. The van der Waals surface area contributed by atoms with Crippen molar-refractivity contribution in [3.05, 3.63) is 24.3 Å². The Bertz CT molecular complexity index is 984. The second-order valence-corrected chi connectivity index (χ2v) is 19.2. The summed E-state index contributed by atoms with van der Waals surface area (Å²) in [6.45, 7) is 4.65. The van der Waals surface area contributed by atoms with E-state index in [1.165, 1.54) is 167 Å². The standard InChI is InChI=1S/C48H95N2O6P/c1-6-8-10-12-14-16-18-20-22-24-26-28-30-32-34-36-38-40-42-48(52)49-46(45-56-57(53,54)55-44-43-50(3,4)5)47(51)41-39-37-35-33-31-29-27-25-23-21-19-17-15-13-11-9-7-2/h31,33,39,41,46-47,51H,6-30,32,34-38,40,42-45H2,1-5H3,(H-,49,52,53,54)/b33-31+,41-39+. The summed E-state index contributed by atoms with van der Waals surface area (Å²) in [6, 6.07) is -0.898. The number of amides is 1. The molecule has 0 aliphatic heterocycles. The Hall–Kier alpha value is -1.02. The lowest BCUT2D eigenvalue weighted by Gasteiger charge is -2.29. The van der Waals surface area contributed by atoms with Gasteiger partial charge in [0.25, 0.3) is 7.82 Å². The van der Waals surface area contributed by atoms with Gasteiger partial charge in [-0.25, -0.2) is 0 Å². The highest BCUT2D eigenvalue weighted by atomic mass is 31.2. The number of hydrogen-bond donors (Lipinski definition) is 2. The van der Waals surface area contributed by atoms with Crippen LogP contribution in [0.25, 0.3) is 0 Å². The third kappa shape index (κ3) is 42.9. The van der Waals surface area contributed by atoms with Crippen molar-refractivity contribution in [3.63, 3.8) is 0 Å². The summed E-state index contributed by atoms with van der Waals surface area (Å²) < 4.78 is 23.2. The molecular formula is C48H95N2O6P. The fourth-order valence-electron chi connectivity index (χ4n) is 7.05. The molecule has 0 heterocycles. The third-order valence-electron chi connectivity index (χ3n) is 10.9. The number of unbranched alkanes of at least 4 members (excludes halogenated alkanes) is 29. The van der Waals surface area contributed by atoms with Crippen LogP contribution in [0.4, 0.5) is 0 Å². The fourth-order valence-corrected chi connectivity index (χ4v) is 7.77. The Kier molecular flexibility index (Phi) is 39.7. The van der Waals surface area contributed by atoms with Gasteiger partial charge in [-0.05, 0) is 32.1 Å². The molecule has 8 nitrogen and oxygen atoms in total. The van der Waals surface area contributed by atoms with Crippen LogP contribution in [-0.2, 0) is 18.4 Å². The largest absolute Gasteiger partial charge is 0.756 e. The van der Waals surface area contributed by atoms with Crippen LogP contribution >= 0.6 is 7.82 Å². The van der Waals surface area contributed by atoms with Crippen LogP contribution in [0.5, 0.6) is 0 Å². The molecule has 0 fully saturated rings. The fraction of sp³-hybridized carbons (Fsp3) is 0.896. The Morgan fingerprint density at radius 2 is 0.982 bits per heavy atom. The van der Waals surface area contributed by atoms with E-state index in [1.54, 1.807) is 6.08 Å². The molecule has 0 bridgehead atoms. The van der Waals surface area contributed by atoms with Gasteiger partial charge in [0, 0.05) is 6.42 Å². The number of rotatable bonds is 44. The molecule has 57 heavy (non-hydrogen) atoms. The number of phosphoric ester groups is 1. The zero-order chi connectivity index (χ0) is 42.1. The highest BCUT2D eigenvalue weighted by Crippen LogP contribution is 2.38. The van der Waals surface area contributed by atoms with E-state index in [1.807, 2.05) is 27.2 Å². The van der Waals surface area contributed by atoms with E-state index in [-0.39, 0.29) is 19.1 Å². The number of carbonyl (C=O) groups is 1. The van der Waals surface area contributed by atoms with E-state index in [4.69, 9.17) is 9.05 Å². The van der Waals surface area contributed by atoms with Crippen molar-refractivity contribution in [2.75, 3.05) is 40.9 Å². The summed E-state index contributed by atoms with van der Waals surface area (Å²) in [5, 5.41) is 13.8. The summed E-state index contributed by atoms with van der Waals surface area (Å²) in [6.07, 6.45) is 48.0. The molecule has 0 aliphatic rings. The second-order valence-electron chi connectivity index (χ2n) is 17.8. The van der Waals surface area contributed by atoms with Gasteiger partial charge >= 0.3 is 0 Å².